The zero-order chi connectivity index (χ0) is 23.4. The van der Waals surface area contributed by atoms with Crippen molar-refractivity contribution in [1.82, 2.24) is 15.1 Å². The van der Waals surface area contributed by atoms with Crippen LogP contribution in [0.25, 0.3) is 0 Å². The molecule has 1 atom stereocenters. The number of amides is 1. The molecular weight excluding hydrogens is 422 g/mol. The molecule has 3 heterocycles. The van der Waals surface area contributed by atoms with Gasteiger partial charge < -0.3 is 28.9 Å². The first-order valence-electron chi connectivity index (χ1n) is 11.5. The largest absolute Gasteiger partial charge is 0.493 e. The van der Waals surface area contributed by atoms with Crippen molar-refractivity contribution >= 4 is 17.5 Å². The van der Waals surface area contributed by atoms with E-state index < -0.39 is 0 Å². The van der Waals surface area contributed by atoms with Crippen LogP contribution in [-0.2, 0) is 0 Å². The van der Waals surface area contributed by atoms with Gasteiger partial charge in [0.15, 0.2) is 23.1 Å². The van der Waals surface area contributed by atoms with Gasteiger partial charge in [-0.1, -0.05) is 0 Å². The van der Waals surface area contributed by atoms with Crippen molar-refractivity contribution in [2.45, 2.75) is 32.2 Å². The number of rotatable bonds is 6. The first-order valence-corrected chi connectivity index (χ1v) is 11.5. The fourth-order valence-corrected chi connectivity index (χ4v) is 4.60. The molecule has 1 unspecified atom stereocenters. The monoisotopic (exact) mass is 455 g/mol. The van der Waals surface area contributed by atoms with Gasteiger partial charge in [-0.05, 0) is 50.5 Å². The topological polar surface area (TPSA) is 80.3 Å². The second kappa shape index (κ2) is 10.1. The summed E-state index contributed by atoms with van der Waals surface area (Å²) in [5.41, 5.74) is 0.512. The van der Waals surface area contributed by atoms with Crippen LogP contribution in [0.4, 0.5) is 11.6 Å². The van der Waals surface area contributed by atoms with Crippen LogP contribution in [0, 0.1) is 0 Å². The standard InChI is InChI=1S/C24H33N5O4/c1-17-7-5-6-10-29(17)22-9-8-21(25-26-22)27-11-13-28(14-12-27)24(30)18-15-19(31-2)23(33-4)20(16-18)32-3/h8-9,15-17H,5-7,10-14H2,1-4H3. The minimum atomic E-state index is -0.0607. The summed E-state index contributed by atoms with van der Waals surface area (Å²) < 4.78 is 16.1. The van der Waals surface area contributed by atoms with Crippen LogP contribution in [0.1, 0.15) is 36.5 Å². The van der Waals surface area contributed by atoms with Crippen LogP contribution in [0.3, 0.4) is 0 Å². The molecule has 178 valence electrons. The maximum atomic E-state index is 13.2. The van der Waals surface area contributed by atoms with Crippen LogP contribution >= 0.6 is 0 Å². The van der Waals surface area contributed by atoms with E-state index >= 15 is 0 Å². The van der Waals surface area contributed by atoms with E-state index in [1.165, 1.54) is 19.3 Å². The van der Waals surface area contributed by atoms with E-state index in [4.69, 9.17) is 14.2 Å². The summed E-state index contributed by atoms with van der Waals surface area (Å²) in [4.78, 5) is 19.5. The Morgan fingerprint density at radius 3 is 2.06 bits per heavy atom. The molecule has 1 aromatic heterocycles. The fourth-order valence-electron chi connectivity index (χ4n) is 4.60. The summed E-state index contributed by atoms with van der Waals surface area (Å²) in [6, 6.07) is 8.01. The zero-order valence-corrected chi connectivity index (χ0v) is 19.9. The van der Waals surface area contributed by atoms with Gasteiger partial charge in [-0.3, -0.25) is 4.79 Å². The van der Waals surface area contributed by atoms with Gasteiger partial charge in [-0.25, -0.2) is 0 Å². The normalized spacial score (nSPS) is 18.8. The first-order chi connectivity index (χ1) is 16.0. The van der Waals surface area contributed by atoms with E-state index in [2.05, 4.69) is 33.0 Å². The number of carbonyl (C=O) groups excluding carboxylic acids is 1. The number of piperidine rings is 1. The Bertz CT molecular complexity index is 935. The smallest absolute Gasteiger partial charge is 0.254 e. The molecule has 2 saturated heterocycles. The van der Waals surface area contributed by atoms with Crippen molar-refractivity contribution in [1.29, 1.82) is 0 Å². The Kier molecular flexibility index (Phi) is 7.05. The molecule has 2 aliphatic rings. The van der Waals surface area contributed by atoms with Crippen molar-refractivity contribution in [2.24, 2.45) is 0 Å². The lowest BCUT2D eigenvalue weighted by Crippen LogP contribution is -2.49. The molecule has 0 saturated carbocycles. The molecule has 4 rings (SSSR count). The molecule has 9 heteroatoms. The van der Waals surface area contributed by atoms with Crippen molar-refractivity contribution < 1.29 is 19.0 Å². The van der Waals surface area contributed by atoms with E-state index in [0.717, 1.165) is 18.2 Å². The molecule has 0 aliphatic carbocycles. The highest BCUT2D eigenvalue weighted by molar-refractivity contribution is 5.95. The Morgan fingerprint density at radius 2 is 1.52 bits per heavy atom. The van der Waals surface area contributed by atoms with Crippen LogP contribution in [0.5, 0.6) is 17.2 Å². The van der Waals surface area contributed by atoms with Gasteiger partial charge in [-0.15, -0.1) is 10.2 Å². The molecule has 1 amide bonds. The molecule has 0 N–H and O–H groups in total. The number of nitrogens with zero attached hydrogens (tertiary/aromatic N) is 5. The summed E-state index contributed by atoms with van der Waals surface area (Å²) >= 11 is 0. The third-order valence-electron chi connectivity index (χ3n) is 6.54. The van der Waals surface area contributed by atoms with Gasteiger partial charge in [0.2, 0.25) is 5.75 Å². The molecule has 0 spiro atoms. The number of aromatic nitrogens is 2. The molecule has 2 fully saturated rings. The highest BCUT2D eigenvalue weighted by atomic mass is 16.5. The SMILES string of the molecule is COc1cc(C(=O)N2CCN(c3ccc(N4CCCCC4C)nn3)CC2)cc(OC)c1OC. The van der Waals surface area contributed by atoms with Crippen molar-refractivity contribution in [2.75, 3.05) is 63.9 Å². The Labute approximate surface area is 195 Å². The van der Waals surface area contributed by atoms with Crippen LogP contribution < -0.4 is 24.0 Å². The maximum absolute atomic E-state index is 13.2. The molecule has 2 aliphatic heterocycles. The number of ether oxygens (including phenoxy) is 3. The van der Waals surface area contributed by atoms with E-state index in [1.807, 2.05) is 11.0 Å². The van der Waals surface area contributed by atoms with Crippen molar-refractivity contribution in [3.8, 4) is 17.2 Å². The van der Waals surface area contributed by atoms with Gasteiger partial charge in [0.1, 0.15) is 0 Å². The van der Waals surface area contributed by atoms with Gasteiger partial charge in [0.05, 0.1) is 21.3 Å². The van der Waals surface area contributed by atoms with Crippen molar-refractivity contribution in [3.05, 3.63) is 29.8 Å². The van der Waals surface area contributed by atoms with Gasteiger partial charge >= 0.3 is 0 Å². The second-order valence-electron chi connectivity index (χ2n) is 8.48. The highest BCUT2D eigenvalue weighted by Gasteiger charge is 2.26. The van der Waals surface area contributed by atoms with E-state index in [0.29, 0.717) is 55.0 Å². The molecule has 33 heavy (non-hydrogen) atoms. The Hall–Kier alpha value is -3.23. The summed E-state index contributed by atoms with van der Waals surface area (Å²) in [5.74, 6) is 3.15. The lowest BCUT2D eigenvalue weighted by Gasteiger charge is -2.36. The van der Waals surface area contributed by atoms with Crippen LogP contribution in [0.15, 0.2) is 24.3 Å². The number of anilines is 2. The number of carbonyl (C=O) groups is 1. The predicted molar refractivity (Wildman–Crippen MR) is 127 cm³/mol. The Balaban J connectivity index is 1.40. The van der Waals surface area contributed by atoms with Gasteiger partial charge in [0, 0.05) is 44.3 Å². The first kappa shape index (κ1) is 22.9. The molecule has 0 bridgehead atoms. The average molecular weight is 456 g/mol. The van der Waals surface area contributed by atoms with E-state index in [1.54, 1.807) is 33.5 Å². The number of hydrogen-bond acceptors (Lipinski definition) is 8. The van der Waals surface area contributed by atoms with Gasteiger partial charge in [-0.2, -0.15) is 0 Å². The molecule has 2 aromatic rings. The summed E-state index contributed by atoms with van der Waals surface area (Å²) in [7, 11) is 4.63. The lowest BCUT2D eigenvalue weighted by atomic mass is 10.0. The average Bonchev–Trinajstić information content (AvgIpc) is 2.87. The van der Waals surface area contributed by atoms with Crippen LogP contribution in [-0.4, -0.2) is 81.1 Å². The molecular formula is C24H33N5O4. The quantitative estimate of drug-likeness (QED) is 0.658. The number of benzene rings is 1. The van der Waals surface area contributed by atoms with E-state index in [-0.39, 0.29) is 5.91 Å². The van der Waals surface area contributed by atoms with Gasteiger partial charge in [0.25, 0.3) is 5.91 Å². The predicted octanol–water partition coefficient (Wildman–Crippen LogP) is 2.84. The third kappa shape index (κ3) is 4.77. The number of hydrogen-bond donors (Lipinski definition) is 0. The summed E-state index contributed by atoms with van der Waals surface area (Å²) in [5, 5.41) is 8.99. The third-order valence-corrected chi connectivity index (χ3v) is 6.54. The highest BCUT2D eigenvalue weighted by Crippen LogP contribution is 2.38. The molecule has 1 aromatic carbocycles. The lowest BCUT2D eigenvalue weighted by molar-refractivity contribution is 0.0745. The Morgan fingerprint density at radius 1 is 0.879 bits per heavy atom. The molecule has 0 radical (unpaired) electrons. The maximum Gasteiger partial charge on any atom is 0.254 e. The number of methoxy groups -OCH3 is 3. The summed E-state index contributed by atoms with van der Waals surface area (Å²) in [6.07, 6.45) is 3.68. The van der Waals surface area contributed by atoms with E-state index in [9.17, 15) is 4.79 Å². The van der Waals surface area contributed by atoms with Crippen molar-refractivity contribution in [3.63, 3.8) is 0 Å². The molecule has 9 nitrogen and oxygen atoms in total. The second-order valence-corrected chi connectivity index (χ2v) is 8.48. The summed E-state index contributed by atoms with van der Waals surface area (Å²) in [6.45, 7) is 5.88. The number of piperazine rings is 1. The zero-order valence-electron chi connectivity index (χ0n) is 19.9. The minimum Gasteiger partial charge on any atom is -0.493 e. The minimum absolute atomic E-state index is 0.0607. The van der Waals surface area contributed by atoms with Crippen LogP contribution in [0.2, 0.25) is 0 Å². The fraction of sp³-hybridized carbons (Fsp3) is 0.542.